The Morgan fingerprint density at radius 1 is 1.39 bits per heavy atom. The molecule has 1 unspecified atom stereocenters. The molecule has 0 spiro atoms. The van der Waals surface area contributed by atoms with Crippen LogP contribution in [0.25, 0.3) is 0 Å². The first-order valence-corrected chi connectivity index (χ1v) is 5.42. The maximum absolute atomic E-state index is 11.5. The van der Waals surface area contributed by atoms with Crippen molar-refractivity contribution in [3.63, 3.8) is 0 Å². The van der Waals surface area contributed by atoms with Crippen LogP contribution in [0.15, 0.2) is 43.0 Å². The number of carboxylic acids is 1. The molecule has 1 amide bonds. The quantitative estimate of drug-likeness (QED) is 0.424. The Bertz CT molecular complexity index is 416. The van der Waals surface area contributed by atoms with E-state index in [0.29, 0.717) is 0 Å². The summed E-state index contributed by atoms with van der Waals surface area (Å²) in [7, 11) is 0. The second-order valence-electron chi connectivity index (χ2n) is 3.64. The molecule has 1 atom stereocenters. The van der Waals surface area contributed by atoms with Gasteiger partial charge in [0, 0.05) is 0 Å². The van der Waals surface area contributed by atoms with Crippen LogP contribution in [0.1, 0.15) is 12.0 Å². The van der Waals surface area contributed by atoms with Crippen molar-refractivity contribution in [1.82, 2.24) is 5.48 Å². The molecule has 0 aliphatic carbocycles. The number of hydrogen-bond donors (Lipinski definition) is 1. The summed E-state index contributed by atoms with van der Waals surface area (Å²) in [6, 6.07) is 9.18. The van der Waals surface area contributed by atoms with E-state index in [1.165, 1.54) is 6.08 Å². The fourth-order valence-corrected chi connectivity index (χ4v) is 1.31. The predicted molar refractivity (Wildman–Crippen MR) is 62.7 cm³/mol. The molecule has 0 aromatic heterocycles. The molecular formula is C13H14NO4-. The molecule has 0 radical (unpaired) electrons. The van der Waals surface area contributed by atoms with Crippen LogP contribution in [0.5, 0.6) is 0 Å². The van der Waals surface area contributed by atoms with E-state index in [-0.39, 0.29) is 13.0 Å². The van der Waals surface area contributed by atoms with Crippen LogP contribution in [0, 0.1) is 5.92 Å². The summed E-state index contributed by atoms with van der Waals surface area (Å²) in [6.45, 7) is 3.55. The van der Waals surface area contributed by atoms with Gasteiger partial charge < -0.3 is 9.90 Å². The van der Waals surface area contributed by atoms with Crippen LogP contribution in [0.4, 0.5) is 0 Å². The smallest absolute Gasteiger partial charge is 0.252 e. The van der Waals surface area contributed by atoms with Gasteiger partial charge in [-0.1, -0.05) is 36.4 Å². The topological polar surface area (TPSA) is 78.5 Å². The first kappa shape index (κ1) is 13.9. The molecule has 0 aliphatic heterocycles. The van der Waals surface area contributed by atoms with Crippen LogP contribution >= 0.6 is 0 Å². The number of carbonyl (C=O) groups excluding carboxylic acids is 2. The number of carboxylic acid groups (broad SMARTS) is 1. The Kier molecular flexibility index (Phi) is 5.60. The molecule has 0 aliphatic rings. The number of hydroxylamine groups is 1. The molecule has 0 heterocycles. The summed E-state index contributed by atoms with van der Waals surface area (Å²) in [5.74, 6) is -3.47. The van der Waals surface area contributed by atoms with Gasteiger partial charge in [0.25, 0.3) is 5.91 Å². The zero-order valence-electron chi connectivity index (χ0n) is 9.80. The van der Waals surface area contributed by atoms with Crippen LogP contribution in [-0.4, -0.2) is 11.9 Å². The van der Waals surface area contributed by atoms with Crippen molar-refractivity contribution >= 4 is 11.9 Å². The van der Waals surface area contributed by atoms with Crippen LogP contribution in [0.2, 0.25) is 0 Å². The Morgan fingerprint density at radius 3 is 2.61 bits per heavy atom. The number of rotatable bonds is 7. The highest BCUT2D eigenvalue weighted by molar-refractivity contribution is 5.95. The van der Waals surface area contributed by atoms with Crippen molar-refractivity contribution in [2.45, 2.75) is 13.0 Å². The molecule has 1 aromatic rings. The maximum Gasteiger partial charge on any atom is 0.252 e. The third kappa shape index (κ3) is 4.39. The second-order valence-corrected chi connectivity index (χ2v) is 3.64. The summed E-state index contributed by atoms with van der Waals surface area (Å²) in [6.07, 6.45) is 1.35. The van der Waals surface area contributed by atoms with Gasteiger partial charge in [0.15, 0.2) is 0 Å². The van der Waals surface area contributed by atoms with Crippen molar-refractivity contribution < 1.29 is 19.5 Å². The average Bonchev–Trinajstić information content (AvgIpc) is 2.36. The first-order valence-electron chi connectivity index (χ1n) is 5.42. The number of nitrogens with one attached hydrogen (secondary N) is 1. The van der Waals surface area contributed by atoms with Gasteiger partial charge in [0.2, 0.25) is 0 Å². The van der Waals surface area contributed by atoms with Crippen LogP contribution in [0.3, 0.4) is 0 Å². The highest BCUT2D eigenvalue weighted by Crippen LogP contribution is 2.04. The van der Waals surface area contributed by atoms with Gasteiger partial charge in [-0.25, -0.2) is 5.48 Å². The van der Waals surface area contributed by atoms with E-state index in [1.54, 1.807) is 0 Å². The lowest BCUT2D eigenvalue weighted by Gasteiger charge is -2.15. The first-order chi connectivity index (χ1) is 8.65. The summed E-state index contributed by atoms with van der Waals surface area (Å²) in [4.78, 5) is 27.1. The van der Waals surface area contributed by atoms with Gasteiger partial charge in [-0.05, 0) is 12.0 Å². The van der Waals surface area contributed by atoms with Gasteiger partial charge in [-0.2, -0.15) is 0 Å². The number of allylic oxidation sites excluding steroid dienone is 1. The van der Waals surface area contributed by atoms with Gasteiger partial charge in [-0.15, -0.1) is 6.58 Å². The van der Waals surface area contributed by atoms with E-state index in [4.69, 9.17) is 4.84 Å². The monoisotopic (exact) mass is 248 g/mol. The van der Waals surface area contributed by atoms with E-state index in [2.05, 4.69) is 12.1 Å². The minimum atomic E-state index is -1.45. The normalized spacial score (nSPS) is 11.6. The Morgan fingerprint density at radius 2 is 2.06 bits per heavy atom. The molecule has 1 N–H and O–H groups in total. The lowest BCUT2D eigenvalue weighted by molar-refractivity contribution is -0.310. The molecule has 0 bridgehead atoms. The Balaban J connectivity index is 2.40. The molecule has 5 heteroatoms. The fourth-order valence-electron chi connectivity index (χ4n) is 1.31. The third-order valence-corrected chi connectivity index (χ3v) is 2.26. The molecule has 18 heavy (non-hydrogen) atoms. The van der Waals surface area contributed by atoms with Crippen molar-refractivity contribution in [3.8, 4) is 0 Å². The fraction of sp³-hybridized carbons (Fsp3) is 0.231. The zero-order valence-corrected chi connectivity index (χ0v) is 9.80. The van der Waals surface area contributed by atoms with E-state index in [1.807, 2.05) is 30.3 Å². The van der Waals surface area contributed by atoms with E-state index >= 15 is 0 Å². The van der Waals surface area contributed by atoms with Crippen molar-refractivity contribution in [2.24, 2.45) is 5.92 Å². The predicted octanol–water partition coefficient (Wildman–Crippen LogP) is 0.177. The van der Waals surface area contributed by atoms with Gasteiger partial charge in [0.05, 0.1) is 18.5 Å². The molecule has 1 rings (SSSR count). The van der Waals surface area contributed by atoms with Crippen molar-refractivity contribution in [3.05, 3.63) is 48.6 Å². The number of hydrogen-bond acceptors (Lipinski definition) is 4. The highest BCUT2D eigenvalue weighted by atomic mass is 16.6. The van der Waals surface area contributed by atoms with Crippen molar-refractivity contribution in [1.29, 1.82) is 0 Å². The van der Waals surface area contributed by atoms with E-state index < -0.39 is 17.8 Å². The Labute approximate surface area is 105 Å². The molecule has 96 valence electrons. The summed E-state index contributed by atoms with van der Waals surface area (Å²) < 4.78 is 0. The van der Waals surface area contributed by atoms with E-state index in [0.717, 1.165) is 5.56 Å². The zero-order chi connectivity index (χ0) is 13.4. The molecule has 1 aromatic carbocycles. The standard InChI is InChI=1S/C13H15NO4/c1-2-6-11(13(16)17)12(15)14-18-9-10-7-4-3-5-8-10/h2-5,7-8,11H,1,6,9H2,(H,14,15)(H,16,17)/p-1. The lowest BCUT2D eigenvalue weighted by atomic mass is 10.1. The molecule has 0 fully saturated rings. The largest absolute Gasteiger partial charge is 0.549 e. The summed E-state index contributed by atoms with van der Waals surface area (Å²) in [5, 5.41) is 10.7. The maximum atomic E-state index is 11.5. The molecule has 5 nitrogen and oxygen atoms in total. The minimum Gasteiger partial charge on any atom is -0.549 e. The number of amides is 1. The third-order valence-electron chi connectivity index (χ3n) is 2.26. The summed E-state index contributed by atoms with van der Waals surface area (Å²) >= 11 is 0. The van der Waals surface area contributed by atoms with Crippen LogP contribution in [-0.2, 0) is 21.0 Å². The molecular weight excluding hydrogens is 234 g/mol. The van der Waals surface area contributed by atoms with E-state index in [9.17, 15) is 14.7 Å². The average molecular weight is 248 g/mol. The highest BCUT2D eigenvalue weighted by Gasteiger charge is 2.18. The minimum absolute atomic E-state index is 0.00284. The van der Waals surface area contributed by atoms with Gasteiger partial charge in [0.1, 0.15) is 0 Å². The summed E-state index contributed by atoms with van der Waals surface area (Å²) in [5.41, 5.74) is 2.96. The lowest BCUT2D eigenvalue weighted by Crippen LogP contribution is -2.42. The second kappa shape index (κ2) is 7.24. The number of benzene rings is 1. The Hall–Kier alpha value is -2.14. The molecule has 0 saturated heterocycles. The number of aliphatic carboxylic acids is 1. The number of carbonyl (C=O) groups is 2. The van der Waals surface area contributed by atoms with Gasteiger partial charge in [-0.3, -0.25) is 9.63 Å². The SMILES string of the molecule is C=CCC(C(=O)[O-])C(=O)NOCc1ccccc1. The van der Waals surface area contributed by atoms with Crippen molar-refractivity contribution in [2.75, 3.05) is 0 Å². The molecule has 0 saturated carbocycles. The van der Waals surface area contributed by atoms with Crippen LogP contribution < -0.4 is 10.6 Å². The van der Waals surface area contributed by atoms with Gasteiger partial charge >= 0.3 is 0 Å².